The average Bonchev–Trinajstić information content (AvgIpc) is 3.34. The topological polar surface area (TPSA) is 186 Å². The van der Waals surface area contributed by atoms with Crippen molar-refractivity contribution in [3.8, 4) is 0 Å². The van der Waals surface area contributed by atoms with Crippen LogP contribution < -0.4 is 0 Å². The van der Waals surface area contributed by atoms with E-state index in [0.717, 1.165) is 16.9 Å². The molecule has 70 heavy (non-hydrogen) atoms. The van der Waals surface area contributed by atoms with E-state index in [2.05, 4.69) is 0 Å². The number of cyclic esters (lactones) is 1. The molecule has 388 valence electrons. The number of hydrogen-bond donors (Lipinski definition) is 3. The van der Waals surface area contributed by atoms with E-state index < -0.39 is 77.8 Å². The number of piperidine rings is 1. The number of esters is 1. The number of amides is 1. The van der Waals surface area contributed by atoms with Crippen LogP contribution in [-0.2, 0) is 42.9 Å². The largest absolute Gasteiger partial charge is 0.460 e. The molecule has 1 aromatic rings. The minimum absolute atomic E-state index is 0.0217. The van der Waals surface area contributed by atoms with Crippen LogP contribution >= 0.6 is 11.8 Å². The van der Waals surface area contributed by atoms with Crippen molar-refractivity contribution < 1.29 is 58.2 Å². The summed E-state index contributed by atoms with van der Waals surface area (Å²) in [7, 11) is 2.96. The van der Waals surface area contributed by atoms with Gasteiger partial charge in [0.2, 0.25) is 5.79 Å². The van der Waals surface area contributed by atoms with Crippen LogP contribution in [0.25, 0.3) is 0 Å². The molecule has 3 fully saturated rings. The fourth-order valence-electron chi connectivity index (χ4n) is 10.7. The van der Waals surface area contributed by atoms with Crippen molar-refractivity contribution >= 4 is 41.0 Å². The molecule has 1 aliphatic carbocycles. The van der Waals surface area contributed by atoms with Crippen LogP contribution in [0.15, 0.2) is 82.8 Å². The highest BCUT2D eigenvalue weighted by Gasteiger charge is 2.53. The second-order valence-corrected chi connectivity index (χ2v) is 22.1. The molecule has 0 radical (unpaired) electrons. The number of nitrogens with zero attached hydrogens (tertiary/aromatic N) is 1. The molecule has 2 saturated heterocycles. The summed E-state index contributed by atoms with van der Waals surface area (Å²) in [6, 6.07) is 8.81. The molecule has 1 amide bonds. The molecule has 13 nitrogen and oxygen atoms in total. The zero-order chi connectivity index (χ0) is 51.3. The Morgan fingerprint density at radius 2 is 1.60 bits per heavy atom. The molecule has 3 aliphatic heterocycles. The number of carbonyl (C=O) groups excluding carboxylic acids is 5. The minimum atomic E-state index is -2.43. The third-order valence-electron chi connectivity index (χ3n) is 15.2. The standard InChI is InChI=1S/C56H81NO12S/c1-34-18-12-10-13-19-35(2)49(70-43-20-14-11-15-21-43)32-42-25-23-40(7)56(65,69-42)53(62)54(63)57-27-17-16-22-44(57)55(64)68-47(37(4)30-41-24-26-45(58)48(31-41)66-8)33-46(59)36(3)29-39(6)51(61)52(67-9)50(60)38(5)28-34/h10-15,18-21,29,34,37-42,44-45,47-49,51-52,58,61,65H,16-17,22-28,30-33H2,1-9H3/t34-,37-,38?,39?,40-,41?,42?,44?,45-,47+,48?,49+,51-,52+,56?/m1/s1. The summed E-state index contributed by atoms with van der Waals surface area (Å²) in [5.41, 5.74) is 1.35. The Bertz CT molecular complexity index is 2050. The Labute approximate surface area is 420 Å². The van der Waals surface area contributed by atoms with E-state index in [0.29, 0.717) is 63.4 Å². The lowest BCUT2D eigenvalue weighted by atomic mass is 9.78. The molecule has 2 bridgehead atoms. The number of carbonyl (C=O) groups is 5. The summed E-state index contributed by atoms with van der Waals surface area (Å²) in [5.74, 6) is -7.88. The summed E-state index contributed by atoms with van der Waals surface area (Å²) in [6.07, 6.45) is 12.2. The van der Waals surface area contributed by atoms with E-state index in [4.69, 9.17) is 18.9 Å². The molecule has 1 aromatic carbocycles. The van der Waals surface area contributed by atoms with Gasteiger partial charge in [-0.15, -0.1) is 11.8 Å². The van der Waals surface area contributed by atoms with Crippen LogP contribution in [0, 0.1) is 35.5 Å². The molecular weight excluding hydrogens is 911 g/mol. The highest BCUT2D eigenvalue weighted by atomic mass is 32.2. The lowest BCUT2D eigenvalue weighted by Crippen LogP contribution is -2.60. The van der Waals surface area contributed by atoms with E-state index >= 15 is 0 Å². The Hall–Kier alpha value is -3.76. The predicted octanol–water partition coefficient (Wildman–Crippen LogP) is 8.33. The number of ether oxygens (including phenoxy) is 4. The first-order chi connectivity index (χ1) is 33.3. The second kappa shape index (κ2) is 26.8. The fraction of sp³-hybridized carbons (Fsp3) is 0.661. The van der Waals surface area contributed by atoms with Gasteiger partial charge < -0.3 is 39.2 Å². The molecule has 5 rings (SSSR count). The van der Waals surface area contributed by atoms with Gasteiger partial charge in [-0.25, -0.2) is 4.79 Å². The lowest BCUT2D eigenvalue weighted by Gasteiger charge is -2.43. The van der Waals surface area contributed by atoms with Crippen molar-refractivity contribution in [2.75, 3.05) is 20.8 Å². The summed E-state index contributed by atoms with van der Waals surface area (Å²) in [6.45, 7) is 12.9. The predicted molar refractivity (Wildman–Crippen MR) is 270 cm³/mol. The van der Waals surface area contributed by atoms with E-state index in [1.54, 1.807) is 45.7 Å². The number of rotatable bonds is 7. The number of fused-ring (bicyclic) bond motifs is 3. The molecule has 0 spiro atoms. The summed E-state index contributed by atoms with van der Waals surface area (Å²) in [4.78, 5) is 73.6. The minimum Gasteiger partial charge on any atom is -0.460 e. The second-order valence-electron chi connectivity index (χ2n) is 20.8. The monoisotopic (exact) mass is 992 g/mol. The van der Waals surface area contributed by atoms with Crippen LogP contribution in [0.1, 0.15) is 126 Å². The average molecular weight is 992 g/mol. The van der Waals surface area contributed by atoms with Gasteiger partial charge in [-0.2, -0.15) is 0 Å². The highest BCUT2D eigenvalue weighted by Crippen LogP contribution is 2.40. The normalized spacial score (nSPS) is 35.9. The van der Waals surface area contributed by atoms with Crippen LogP contribution in [0.4, 0.5) is 0 Å². The highest BCUT2D eigenvalue weighted by molar-refractivity contribution is 8.00. The zero-order valence-corrected chi connectivity index (χ0v) is 43.8. The van der Waals surface area contributed by atoms with Gasteiger partial charge in [0.15, 0.2) is 11.6 Å². The van der Waals surface area contributed by atoms with Crippen molar-refractivity contribution in [2.45, 2.75) is 184 Å². The van der Waals surface area contributed by atoms with Crippen molar-refractivity contribution in [3.05, 3.63) is 77.9 Å². The van der Waals surface area contributed by atoms with Crippen molar-refractivity contribution in [2.24, 2.45) is 35.5 Å². The maximum Gasteiger partial charge on any atom is 0.329 e. The van der Waals surface area contributed by atoms with Crippen molar-refractivity contribution in [1.29, 1.82) is 0 Å². The van der Waals surface area contributed by atoms with Crippen LogP contribution in [0.5, 0.6) is 0 Å². The zero-order valence-electron chi connectivity index (χ0n) is 43.0. The van der Waals surface area contributed by atoms with Gasteiger partial charge in [-0.1, -0.05) is 94.8 Å². The van der Waals surface area contributed by atoms with Gasteiger partial charge in [-0.05, 0) is 120 Å². The Kier molecular flexibility index (Phi) is 21.9. The van der Waals surface area contributed by atoms with Crippen molar-refractivity contribution in [1.82, 2.24) is 4.90 Å². The number of benzene rings is 1. The van der Waals surface area contributed by atoms with Crippen LogP contribution in [0.2, 0.25) is 0 Å². The van der Waals surface area contributed by atoms with Crippen LogP contribution in [-0.4, -0.2) is 124 Å². The van der Waals surface area contributed by atoms with Gasteiger partial charge in [-0.3, -0.25) is 19.2 Å². The van der Waals surface area contributed by atoms with Gasteiger partial charge >= 0.3 is 5.97 Å². The number of allylic oxidation sites excluding steroid dienone is 6. The Morgan fingerprint density at radius 3 is 2.30 bits per heavy atom. The van der Waals surface area contributed by atoms with Gasteiger partial charge in [0.25, 0.3) is 11.7 Å². The first-order valence-electron chi connectivity index (χ1n) is 25.6. The summed E-state index contributed by atoms with van der Waals surface area (Å²) >= 11 is 1.65. The Morgan fingerprint density at radius 1 is 0.871 bits per heavy atom. The quantitative estimate of drug-likeness (QED) is 0.175. The molecule has 3 N–H and O–H groups in total. The van der Waals surface area contributed by atoms with Crippen LogP contribution in [0.3, 0.4) is 0 Å². The first-order valence-corrected chi connectivity index (χ1v) is 26.5. The van der Waals surface area contributed by atoms with E-state index in [-0.39, 0.29) is 60.1 Å². The molecule has 0 aromatic heterocycles. The maximum atomic E-state index is 14.5. The third-order valence-corrected chi connectivity index (χ3v) is 16.6. The van der Waals surface area contributed by atoms with Gasteiger partial charge in [0.05, 0.1) is 24.4 Å². The first kappa shape index (κ1) is 57.1. The lowest BCUT2D eigenvalue weighted by molar-refractivity contribution is -0.263. The van der Waals surface area contributed by atoms with Gasteiger partial charge in [0.1, 0.15) is 18.2 Å². The Balaban J connectivity index is 1.49. The SMILES string of the molecule is COC1CC(C[C@@H](C)[C@@H]2CC(=O)C(C)=CC(C)[C@@H](O)[C@@H](OC)C(=O)C(C)C[C@H](C)C=CC=CC=C(C)[C@@H](Sc3ccccc3)CC3CC[C@@H](C)C(O)(O3)C(=O)C(=O)N3CCCCC3C(=O)O2)CC[C@H]1O. The molecular formula is C56H81NO12S. The van der Waals surface area contributed by atoms with Crippen molar-refractivity contribution in [3.63, 3.8) is 0 Å². The molecule has 7 unspecified atom stereocenters. The number of hydrogen-bond acceptors (Lipinski definition) is 13. The van der Waals surface area contributed by atoms with E-state index in [1.807, 2.05) is 88.4 Å². The van der Waals surface area contributed by atoms with Gasteiger partial charge in [0, 0.05) is 55.1 Å². The smallest absolute Gasteiger partial charge is 0.329 e. The number of methoxy groups -OCH3 is 2. The molecule has 14 heteroatoms. The number of thioether (sulfide) groups is 1. The number of ketones is 3. The molecule has 4 aliphatic rings. The fourth-order valence-corrected chi connectivity index (χ4v) is 11.9. The van der Waals surface area contributed by atoms with E-state index in [9.17, 15) is 39.3 Å². The molecule has 3 heterocycles. The third kappa shape index (κ3) is 15.1. The molecule has 1 saturated carbocycles. The summed E-state index contributed by atoms with van der Waals surface area (Å²) in [5, 5.41) is 34.1. The summed E-state index contributed by atoms with van der Waals surface area (Å²) < 4.78 is 23.9. The number of aliphatic hydroxyl groups excluding tert-OH is 2. The number of aliphatic hydroxyl groups is 3. The maximum absolute atomic E-state index is 14.5. The number of Topliss-reactive ketones (excluding diaryl/α,β-unsaturated/α-hetero) is 3. The van der Waals surface area contributed by atoms with E-state index in [1.165, 1.54) is 12.0 Å². The molecule has 15 atom stereocenters.